The van der Waals surface area contributed by atoms with Gasteiger partial charge in [0.15, 0.2) is 16.6 Å². The van der Waals surface area contributed by atoms with Gasteiger partial charge in [-0.25, -0.2) is 0 Å². The lowest BCUT2D eigenvalue weighted by Crippen LogP contribution is -2.52. The number of hydrogen-bond donors (Lipinski definition) is 4. The van der Waals surface area contributed by atoms with Crippen LogP contribution in [0.25, 0.3) is 0 Å². The molecule has 0 fully saturated rings. The molecule has 0 aromatic carbocycles. The minimum Gasteiger partial charge on any atom is -0.437 e. The van der Waals surface area contributed by atoms with Crippen LogP contribution in [0.2, 0.25) is 51.4 Å². The molecule has 516 valence electrons. The molecule has 4 amide bonds. The summed E-state index contributed by atoms with van der Waals surface area (Å²) in [5.74, 6) is 0.0582. The molecular weight excluding hydrogens is 1130 g/mol. The van der Waals surface area contributed by atoms with E-state index >= 15 is 0 Å². The predicted octanol–water partition coefficient (Wildman–Crippen LogP) is 22.2. The van der Waals surface area contributed by atoms with E-state index in [4.69, 9.17) is 8.23 Å². The topological polar surface area (TPSA) is 135 Å². The zero-order chi connectivity index (χ0) is 64.5. The molecule has 0 rings (SSSR count). The van der Waals surface area contributed by atoms with E-state index in [1.807, 2.05) is 27.7 Å². The average molecular weight is 1280 g/mol. The number of carbonyl (C=O) groups is 4. The number of carbonyl (C=O) groups excluding carboxylic acids is 4. The fraction of sp³-hybridized carbons (Fsp3) is 0.946. The highest BCUT2D eigenvalue weighted by Gasteiger charge is 2.39. The van der Waals surface area contributed by atoms with Crippen molar-refractivity contribution in [3.8, 4) is 0 Å². The monoisotopic (exact) mass is 1280 g/mol. The molecule has 0 aliphatic rings. The molecular formula is C74H152N4O6Si3. The molecule has 13 heteroatoms. The Morgan fingerprint density at radius 2 is 0.506 bits per heavy atom. The van der Waals surface area contributed by atoms with Crippen molar-refractivity contribution in [2.75, 3.05) is 13.1 Å². The van der Waals surface area contributed by atoms with Gasteiger partial charge in [0.1, 0.15) is 12.1 Å². The summed E-state index contributed by atoms with van der Waals surface area (Å²) >= 11 is 0. The second-order valence-electron chi connectivity index (χ2n) is 29.5. The summed E-state index contributed by atoms with van der Waals surface area (Å²) in [6.45, 7) is 28.1. The Hall–Kier alpha value is -1.55. The lowest BCUT2D eigenvalue weighted by Gasteiger charge is -2.39. The second-order valence-corrected chi connectivity index (χ2v) is 42.0. The van der Waals surface area contributed by atoms with E-state index in [1.165, 1.54) is 256 Å². The molecule has 2 atom stereocenters. The van der Waals surface area contributed by atoms with Gasteiger partial charge in [-0.15, -0.1) is 0 Å². The van der Waals surface area contributed by atoms with Crippen molar-refractivity contribution in [1.82, 2.24) is 21.3 Å². The maximum Gasteiger partial charge on any atom is 0.311 e. The number of amides is 4. The van der Waals surface area contributed by atoms with Crippen molar-refractivity contribution in [3.05, 3.63) is 0 Å². The summed E-state index contributed by atoms with van der Waals surface area (Å²) in [5.41, 5.74) is 0. The molecule has 2 unspecified atom stereocenters. The number of hydrogen-bond acceptors (Lipinski definition) is 6. The van der Waals surface area contributed by atoms with Gasteiger partial charge in [-0.2, -0.15) is 0 Å². The molecule has 0 aliphatic heterocycles. The Balaban J connectivity index is 4.01. The molecule has 4 N–H and O–H groups in total. The van der Waals surface area contributed by atoms with Gasteiger partial charge in [0, 0.05) is 25.9 Å². The molecule has 10 nitrogen and oxygen atoms in total. The third kappa shape index (κ3) is 56.9. The van der Waals surface area contributed by atoms with Gasteiger partial charge >= 0.3 is 8.56 Å². The van der Waals surface area contributed by atoms with Crippen LogP contribution in [0, 0.1) is 11.8 Å². The van der Waals surface area contributed by atoms with Crippen molar-refractivity contribution >= 4 is 48.8 Å². The van der Waals surface area contributed by atoms with Gasteiger partial charge in [0.05, 0.1) is 0 Å². The zero-order valence-corrected chi connectivity index (χ0v) is 63.4. The molecule has 0 aromatic rings. The molecule has 87 heavy (non-hydrogen) atoms. The second kappa shape index (κ2) is 58.3. The van der Waals surface area contributed by atoms with Crippen LogP contribution < -0.4 is 21.3 Å². The molecule has 0 aromatic heterocycles. The lowest BCUT2D eigenvalue weighted by atomic mass is 10.0. The lowest BCUT2D eigenvalue weighted by molar-refractivity contribution is -0.130. The van der Waals surface area contributed by atoms with Gasteiger partial charge in [0.2, 0.25) is 23.6 Å². The predicted molar refractivity (Wildman–Crippen MR) is 386 cm³/mol. The Kier molecular flexibility index (Phi) is 57.2. The molecule has 0 bridgehead atoms. The maximum atomic E-state index is 13.0. The number of rotatable bonds is 66. The minimum atomic E-state index is -2.23. The first-order valence-corrected chi connectivity index (χ1v) is 47.3. The van der Waals surface area contributed by atoms with Gasteiger partial charge in [-0.1, -0.05) is 324 Å². The van der Waals surface area contributed by atoms with Crippen LogP contribution in [0.3, 0.4) is 0 Å². The standard InChI is InChI=1S/C74H152N4O6Si3/c1-13-15-17-19-21-23-25-27-29-31-33-35-39-45-51-57-63-75-73(81)71(67(3)4)77-69(79)61-55-49-43-37-41-47-53-59-65-85(7,8)83-87(11,12)84-86(9,10)66-60-54-48-42-38-44-50-56-62-70(80)78-72(68(5)6)74(82)76-64-58-52-46-40-36-34-32-30-28-26-24-22-20-18-16-14-2/h67-68,71-72H,13-66H2,1-12H3,(H,75,81)(H,76,82)(H,77,79)(H,78,80). The van der Waals surface area contributed by atoms with E-state index in [2.05, 4.69) is 74.4 Å². The van der Waals surface area contributed by atoms with E-state index in [1.54, 1.807) is 0 Å². The van der Waals surface area contributed by atoms with Crippen LogP contribution >= 0.6 is 0 Å². The molecule has 0 saturated carbocycles. The highest BCUT2D eigenvalue weighted by atomic mass is 28.5. The largest absolute Gasteiger partial charge is 0.437 e. The Morgan fingerprint density at radius 1 is 0.299 bits per heavy atom. The minimum absolute atomic E-state index is 0.00334. The third-order valence-corrected chi connectivity index (χ3v) is 29.6. The highest BCUT2D eigenvalue weighted by Crippen LogP contribution is 2.28. The van der Waals surface area contributed by atoms with Crippen LogP contribution in [0.5, 0.6) is 0 Å². The summed E-state index contributed by atoms with van der Waals surface area (Å²) in [6.07, 6.45) is 62.5. The first-order valence-electron chi connectivity index (χ1n) is 38.3. The van der Waals surface area contributed by atoms with Crippen LogP contribution in [0.4, 0.5) is 0 Å². The SMILES string of the molecule is CCCCCCCCCCCCCCCCCCNC(=O)C(NC(=O)CCCCCCCCCC[Si](C)(C)O[Si](C)(C)O[Si](C)(C)CCCCCCCCCCC(=O)NC(C(=O)NCCCCCCCCCCCCCCCCCC)C(C)C)C(C)C. The van der Waals surface area contributed by atoms with Crippen molar-refractivity contribution in [2.24, 2.45) is 11.8 Å². The van der Waals surface area contributed by atoms with E-state index in [9.17, 15) is 19.2 Å². The van der Waals surface area contributed by atoms with Gasteiger partial charge in [0.25, 0.3) is 0 Å². The summed E-state index contributed by atoms with van der Waals surface area (Å²) in [4.78, 5) is 51.7. The van der Waals surface area contributed by atoms with Crippen LogP contribution in [-0.4, -0.2) is 74.0 Å². The Bertz CT molecular complexity index is 1490. The average Bonchev–Trinajstić information content (AvgIpc) is 2.53. The highest BCUT2D eigenvalue weighted by molar-refractivity contribution is 6.87. The molecule has 0 saturated heterocycles. The molecule has 0 heterocycles. The van der Waals surface area contributed by atoms with Crippen LogP contribution in [-0.2, 0) is 27.4 Å². The molecule has 0 radical (unpaired) electrons. The van der Waals surface area contributed by atoms with E-state index < -0.39 is 37.3 Å². The Labute approximate surface area is 545 Å². The molecule has 0 aliphatic carbocycles. The Morgan fingerprint density at radius 3 is 0.736 bits per heavy atom. The quantitative estimate of drug-likeness (QED) is 0.0354. The van der Waals surface area contributed by atoms with E-state index in [0.717, 1.165) is 64.2 Å². The smallest absolute Gasteiger partial charge is 0.311 e. The van der Waals surface area contributed by atoms with E-state index in [-0.39, 0.29) is 35.5 Å². The zero-order valence-electron chi connectivity index (χ0n) is 60.4. The van der Waals surface area contributed by atoms with E-state index in [0.29, 0.717) is 25.9 Å². The van der Waals surface area contributed by atoms with Gasteiger partial charge in [-0.05, 0) is 88.9 Å². The summed E-state index contributed by atoms with van der Waals surface area (Å²) in [6, 6.07) is 1.45. The fourth-order valence-corrected chi connectivity index (χ4v) is 27.0. The normalized spacial score (nSPS) is 12.9. The first-order chi connectivity index (χ1) is 41.8. The fourth-order valence-electron chi connectivity index (χ4n) is 12.8. The number of nitrogens with one attached hydrogen (secondary N) is 4. The summed E-state index contributed by atoms with van der Waals surface area (Å²) in [5, 5.41) is 12.3. The summed E-state index contributed by atoms with van der Waals surface area (Å²) < 4.78 is 13.9. The van der Waals surface area contributed by atoms with Gasteiger partial charge in [-0.3, -0.25) is 19.2 Å². The molecule has 0 spiro atoms. The van der Waals surface area contributed by atoms with Crippen LogP contribution in [0.15, 0.2) is 0 Å². The first kappa shape index (κ1) is 85.5. The van der Waals surface area contributed by atoms with Crippen molar-refractivity contribution in [3.63, 3.8) is 0 Å². The maximum absolute atomic E-state index is 13.0. The number of unbranched alkanes of at least 4 members (excludes halogenated alkanes) is 44. The van der Waals surface area contributed by atoms with Crippen molar-refractivity contribution in [1.29, 1.82) is 0 Å². The van der Waals surface area contributed by atoms with Crippen molar-refractivity contribution in [2.45, 2.75) is 426 Å². The third-order valence-electron chi connectivity index (χ3n) is 18.1. The van der Waals surface area contributed by atoms with Gasteiger partial charge < -0.3 is 29.5 Å². The summed E-state index contributed by atoms with van der Waals surface area (Å²) in [7, 11) is -5.90. The van der Waals surface area contributed by atoms with Crippen LogP contribution in [0.1, 0.15) is 363 Å². The van der Waals surface area contributed by atoms with Crippen molar-refractivity contribution < 1.29 is 27.4 Å².